The number of carbonyl (C=O) groups excluding carboxylic acids is 1. The Kier molecular flexibility index (Phi) is 5.58. The van der Waals surface area contributed by atoms with Crippen molar-refractivity contribution in [1.82, 2.24) is 19.7 Å². The van der Waals surface area contributed by atoms with Gasteiger partial charge in [-0.15, -0.1) is 11.3 Å². The number of aromatic nitrogens is 2. The molecule has 1 aromatic carbocycles. The average Bonchev–Trinajstić information content (AvgIpc) is 3.30. The van der Waals surface area contributed by atoms with Gasteiger partial charge in [-0.05, 0) is 64.3 Å². The number of hydrazone groups is 1. The fourth-order valence-electron chi connectivity index (χ4n) is 4.66. The number of nitrogens with one attached hydrogen (secondary N) is 1. The standard InChI is InChI=1S/C23H26FN5OS/c1-28-11-5-7-16(14-28)22(30)27-25-13-19-21(15-6-4-8-17(24)12-15)26-23-29(19)18-9-2-3-10-20(18)31-23/h4,6,8,12-13,16H,2-3,5,7,9-11,14H2,1H3,(H,27,30)/b25-13+. The average molecular weight is 440 g/mol. The second-order valence-electron chi connectivity index (χ2n) is 8.49. The number of imidazole rings is 1. The highest BCUT2D eigenvalue weighted by molar-refractivity contribution is 7.17. The SMILES string of the molecule is CN1CCCC(C(=O)N/N=C/c2c(-c3cccc(F)c3)nc3sc4c(n23)CCCC4)C1. The van der Waals surface area contributed by atoms with Crippen LogP contribution in [0.15, 0.2) is 29.4 Å². The Labute approximate surface area is 184 Å². The molecule has 162 valence electrons. The van der Waals surface area contributed by atoms with Crippen molar-refractivity contribution >= 4 is 28.4 Å². The van der Waals surface area contributed by atoms with Crippen LogP contribution in [0.1, 0.15) is 41.9 Å². The Balaban J connectivity index is 1.49. The highest BCUT2D eigenvalue weighted by Gasteiger charge is 2.25. The third-order valence-corrected chi connectivity index (χ3v) is 7.35. The van der Waals surface area contributed by atoms with Crippen LogP contribution in [-0.4, -0.2) is 46.5 Å². The minimum absolute atomic E-state index is 0.0436. The number of carbonyl (C=O) groups is 1. The van der Waals surface area contributed by atoms with Gasteiger partial charge in [0.15, 0.2) is 4.96 Å². The molecule has 31 heavy (non-hydrogen) atoms. The zero-order valence-corrected chi connectivity index (χ0v) is 18.4. The van der Waals surface area contributed by atoms with Crippen molar-refractivity contribution in [3.63, 3.8) is 0 Å². The minimum Gasteiger partial charge on any atom is -0.306 e. The molecule has 2 aromatic heterocycles. The van der Waals surface area contributed by atoms with Crippen molar-refractivity contribution in [3.8, 4) is 11.3 Å². The molecule has 1 amide bonds. The lowest BCUT2D eigenvalue weighted by Gasteiger charge is -2.28. The van der Waals surface area contributed by atoms with E-state index in [0.717, 1.165) is 55.8 Å². The third kappa shape index (κ3) is 4.02. The van der Waals surface area contributed by atoms with E-state index in [0.29, 0.717) is 11.3 Å². The summed E-state index contributed by atoms with van der Waals surface area (Å²) in [5, 5.41) is 4.31. The zero-order valence-electron chi connectivity index (χ0n) is 17.6. The largest absolute Gasteiger partial charge is 0.306 e. The number of piperidine rings is 1. The summed E-state index contributed by atoms with van der Waals surface area (Å²) in [6.45, 7) is 1.78. The number of hydrogen-bond donors (Lipinski definition) is 1. The van der Waals surface area contributed by atoms with Gasteiger partial charge in [-0.25, -0.2) is 14.8 Å². The number of thiazole rings is 1. The van der Waals surface area contributed by atoms with Gasteiger partial charge in [0.05, 0.1) is 23.5 Å². The van der Waals surface area contributed by atoms with Crippen molar-refractivity contribution in [1.29, 1.82) is 0 Å². The molecule has 1 N–H and O–H groups in total. The molecule has 5 rings (SSSR count). The van der Waals surface area contributed by atoms with Crippen LogP contribution in [-0.2, 0) is 17.6 Å². The lowest BCUT2D eigenvalue weighted by Crippen LogP contribution is -2.40. The molecular formula is C23H26FN5OS. The van der Waals surface area contributed by atoms with Gasteiger partial charge >= 0.3 is 0 Å². The van der Waals surface area contributed by atoms with Gasteiger partial charge < -0.3 is 4.90 Å². The minimum atomic E-state index is -0.298. The summed E-state index contributed by atoms with van der Waals surface area (Å²) in [7, 11) is 2.04. The first-order valence-electron chi connectivity index (χ1n) is 10.9. The molecule has 0 saturated carbocycles. The number of aryl methyl sites for hydroxylation is 2. The number of hydrogen-bond acceptors (Lipinski definition) is 5. The lowest BCUT2D eigenvalue weighted by molar-refractivity contribution is -0.126. The summed E-state index contributed by atoms with van der Waals surface area (Å²) < 4.78 is 16.1. The number of fused-ring (bicyclic) bond motifs is 3. The van der Waals surface area contributed by atoms with E-state index >= 15 is 0 Å². The number of rotatable bonds is 4. The van der Waals surface area contributed by atoms with Gasteiger partial charge in [0, 0.05) is 22.7 Å². The van der Waals surface area contributed by atoms with Crippen LogP contribution in [0.3, 0.4) is 0 Å². The molecule has 1 aliphatic carbocycles. The number of amides is 1. The van der Waals surface area contributed by atoms with Crippen molar-refractivity contribution < 1.29 is 9.18 Å². The Hall–Kier alpha value is -2.58. The summed E-state index contributed by atoms with van der Waals surface area (Å²) in [6.07, 6.45) is 7.99. The van der Waals surface area contributed by atoms with E-state index in [1.165, 1.54) is 29.1 Å². The van der Waals surface area contributed by atoms with Crippen LogP contribution in [0.4, 0.5) is 4.39 Å². The van der Waals surface area contributed by atoms with Crippen LogP contribution in [0.5, 0.6) is 0 Å². The first-order chi connectivity index (χ1) is 15.1. The van der Waals surface area contributed by atoms with E-state index < -0.39 is 0 Å². The second-order valence-corrected chi connectivity index (χ2v) is 9.55. The molecule has 3 heterocycles. The van der Waals surface area contributed by atoms with Gasteiger partial charge in [0.25, 0.3) is 0 Å². The molecular weight excluding hydrogens is 413 g/mol. The smallest absolute Gasteiger partial charge is 0.244 e. The maximum Gasteiger partial charge on any atom is 0.244 e. The van der Waals surface area contributed by atoms with E-state index in [1.54, 1.807) is 23.6 Å². The predicted molar refractivity (Wildman–Crippen MR) is 121 cm³/mol. The van der Waals surface area contributed by atoms with E-state index in [4.69, 9.17) is 4.98 Å². The third-order valence-electron chi connectivity index (χ3n) is 6.21. The predicted octanol–water partition coefficient (Wildman–Crippen LogP) is 3.87. The molecule has 0 bridgehead atoms. The van der Waals surface area contributed by atoms with Crippen LogP contribution in [0.25, 0.3) is 16.2 Å². The summed E-state index contributed by atoms with van der Waals surface area (Å²) in [6, 6.07) is 6.47. The molecule has 8 heteroatoms. The fraction of sp³-hybridized carbons (Fsp3) is 0.435. The maximum absolute atomic E-state index is 13.9. The number of halogens is 1. The van der Waals surface area contributed by atoms with Gasteiger partial charge in [-0.3, -0.25) is 9.20 Å². The molecule has 1 saturated heterocycles. The zero-order chi connectivity index (χ0) is 21.4. The van der Waals surface area contributed by atoms with E-state index in [9.17, 15) is 9.18 Å². The van der Waals surface area contributed by atoms with E-state index in [2.05, 4.69) is 19.8 Å². The summed E-state index contributed by atoms with van der Waals surface area (Å²) in [5.74, 6) is -0.394. The van der Waals surface area contributed by atoms with Crippen LogP contribution in [0.2, 0.25) is 0 Å². The van der Waals surface area contributed by atoms with Crippen molar-refractivity contribution in [2.45, 2.75) is 38.5 Å². The number of nitrogens with zero attached hydrogens (tertiary/aromatic N) is 4. The Morgan fingerprint density at radius 1 is 1.32 bits per heavy atom. The van der Waals surface area contributed by atoms with E-state index in [-0.39, 0.29) is 17.6 Å². The summed E-state index contributed by atoms with van der Waals surface area (Å²) in [5.41, 5.74) is 6.19. The Morgan fingerprint density at radius 2 is 2.19 bits per heavy atom. The molecule has 0 spiro atoms. The Bertz CT molecular complexity index is 1150. The first kappa shape index (κ1) is 20.3. The molecule has 1 atom stereocenters. The lowest BCUT2D eigenvalue weighted by atomic mass is 9.98. The highest BCUT2D eigenvalue weighted by atomic mass is 32.1. The van der Waals surface area contributed by atoms with Gasteiger partial charge in [-0.1, -0.05) is 12.1 Å². The first-order valence-corrected chi connectivity index (χ1v) is 11.7. The normalized spacial score (nSPS) is 19.7. The molecule has 1 aliphatic heterocycles. The monoisotopic (exact) mass is 439 g/mol. The number of likely N-dealkylation sites (tertiary alicyclic amines) is 1. The molecule has 1 fully saturated rings. The second kappa shape index (κ2) is 8.51. The van der Waals surface area contributed by atoms with E-state index in [1.807, 2.05) is 13.1 Å². The van der Waals surface area contributed by atoms with Crippen LogP contribution in [0, 0.1) is 11.7 Å². The van der Waals surface area contributed by atoms with Crippen molar-refractivity contribution in [2.24, 2.45) is 11.0 Å². The molecule has 3 aromatic rings. The summed E-state index contributed by atoms with van der Waals surface area (Å²) >= 11 is 1.70. The molecule has 2 aliphatic rings. The fourth-order valence-corrected chi connectivity index (χ4v) is 5.87. The molecule has 1 unspecified atom stereocenters. The molecule has 6 nitrogen and oxygen atoms in total. The molecule has 0 radical (unpaired) electrons. The highest BCUT2D eigenvalue weighted by Crippen LogP contribution is 2.34. The topological polar surface area (TPSA) is 62.0 Å². The van der Waals surface area contributed by atoms with Gasteiger partial charge in [0.2, 0.25) is 5.91 Å². The van der Waals surface area contributed by atoms with Gasteiger partial charge in [0.1, 0.15) is 5.82 Å². The van der Waals surface area contributed by atoms with Gasteiger partial charge in [-0.2, -0.15) is 5.10 Å². The van der Waals surface area contributed by atoms with Crippen molar-refractivity contribution in [2.75, 3.05) is 20.1 Å². The van der Waals surface area contributed by atoms with Crippen LogP contribution >= 0.6 is 11.3 Å². The maximum atomic E-state index is 13.9. The summed E-state index contributed by atoms with van der Waals surface area (Å²) in [4.78, 5) is 21.9. The van der Waals surface area contributed by atoms with Crippen LogP contribution < -0.4 is 5.43 Å². The van der Waals surface area contributed by atoms with Crippen molar-refractivity contribution in [3.05, 3.63) is 46.3 Å². The number of benzene rings is 1. The Morgan fingerprint density at radius 3 is 3.03 bits per heavy atom. The quantitative estimate of drug-likeness (QED) is 0.496.